The largest absolute Gasteiger partial charge is 0.477 e. The molecule has 1 aromatic carbocycles. The SMILES string of the molecule is CCCCCn1cnc(-c2ccccc2)c1C(=O)O. The summed E-state index contributed by atoms with van der Waals surface area (Å²) in [5, 5.41) is 9.39. The summed E-state index contributed by atoms with van der Waals surface area (Å²) >= 11 is 0. The molecule has 0 saturated carbocycles. The van der Waals surface area contributed by atoms with E-state index in [1.165, 1.54) is 0 Å². The van der Waals surface area contributed by atoms with E-state index in [9.17, 15) is 9.90 Å². The van der Waals surface area contributed by atoms with E-state index in [-0.39, 0.29) is 5.69 Å². The first-order valence-corrected chi connectivity index (χ1v) is 6.58. The average Bonchev–Trinajstić information content (AvgIpc) is 2.84. The monoisotopic (exact) mass is 258 g/mol. The maximum Gasteiger partial charge on any atom is 0.354 e. The molecule has 0 aliphatic carbocycles. The molecule has 4 nitrogen and oxygen atoms in total. The number of benzene rings is 1. The van der Waals surface area contributed by atoms with Gasteiger partial charge in [0.25, 0.3) is 0 Å². The van der Waals surface area contributed by atoms with Crippen LogP contribution in [0.2, 0.25) is 0 Å². The summed E-state index contributed by atoms with van der Waals surface area (Å²) in [5.41, 5.74) is 1.67. The lowest BCUT2D eigenvalue weighted by Crippen LogP contribution is -2.09. The molecule has 0 aliphatic rings. The highest BCUT2D eigenvalue weighted by Gasteiger charge is 2.18. The molecule has 0 atom stereocenters. The molecule has 100 valence electrons. The van der Waals surface area contributed by atoms with E-state index in [0.29, 0.717) is 12.2 Å². The Morgan fingerprint density at radius 2 is 2.00 bits per heavy atom. The maximum absolute atomic E-state index is 11.4. The topological polar surface area (TPSA) is 55.1 Å². The van der Waals surface area contributed by atoms with E-state index in [1.54, 1.807) is 10.9 Å². The van der Waals surface area contributed by atoms with Crippen LogP contribution in [-0.4, -0.2) is 20.6 Å². The van der Waals surface area contributed by atoms with Crippen molar-refractivity contribution in [2.24, 2.45) is 0 Å². The molecule has 0 unspecified atom stereocenters. The van der Waals surface area contributed by atoms with Gasteiger partial charge in [-0.15, -0.1) is 0 Å². The zero-order chi connectivity index (χ0) is 13.7. The first kappa shape index (κ1) is 13.3. The van der Waals surface area contributed by atoms with Crippen molar-refractivity contribution < 1.29 is 9.90 Å². The van der Waals surface area contributed by atoms with Gasteiger partial charge in [-0.3, -0.25) is 0 Å². The highest BCUT2D eigenvalue weighted by molar-refractivity contribution is 5.93. The number of carboxylic acid groups (broad SMARTS) is 1. The number of aryl methyl sites for hydroxylation is 1. The molecular weight excluding hydrogens is 240 g/mol. The van der Waals surface area contributed by atoms with Crippen LogP contribution in [0.4, 0.5) is 0 Å². The molecule has 2 rings (SSSR count). The molecule has 1 aromatic heterocycles. The van der Waals surface area contributed by atoms with Gasteiger partial charge in [0.05, 0.1) is 6.33 Å². The predicted octanol–water partition coefficient (Wildman–Crippen LogP) is 3.44. The third kappa shape index (κ3) is 3.02. The molecule has 2 aromatic rings. The van der Waals surface area contributed by atoms with Gasteiger partial charge in [0.1, 0.15) is 5.69 Å². The lowest BCUT2D eigenvalue weighted by Gasteiger charge is -2.06. The predicted molar refractivity (Wildman–Crippen MR) is 74.1 cm³/mol. The number of carbonyl (C=O) groups is 1. The number of aromatic carboxylic acids is 1. The van der Waals surface area contributed by atoms with Crippen LogP contribution in [0.1, 0.15) is 36.7 Å². The molecule has 0 saturated heterocycles. The summed E-state index contributed by atoms with van der Waals surface area (Å²) in [6.07, 6.45) is 4.81. The van der Waals surface area contributed by atoms with Crippen LogP contribution >= 0.6 is 0 Å². The lowest BCUT2D eigenvalue weighted by molar-refractivity contribution is 0.0686. The summed E-state index contributed by atoms with van der Waals surface area (Å²) in [6, 6.07) is 9.44. The van der Waals surface area contributed by atoms with E-state index < -0.39 is 5.97 Å². The summed E-state index contributed by atoms with van der Waals surface area (Å²) < 4.78 is 1.74. The fourth-order valence-electron chi connectivity index (χ4n) is 2.12. The molecule has 0 spiro atoms. The number of carboxylic acids is 1. The van der Waals surface area contributed by atoms with Crippen LogP contribution in [0, 0.1) is 0 Å². The number of rotatable bonds is 6. The minimum atomic E-state index is -0.923. The number of hydrogen-bond acceptors (Lipinski definition) is 2. The van der Waals surface area contributed by atoms with E-state index in [1.807, 2.05) is 30.3 Å². The minimum Gasteiger partial charge on any atom is -0.477 e. The van der Waals surface area contributed by atoms with Gasteiger partial charge < -0.3 is 9.67 Å². The second kappa shape index (κ2) is 6.18. The summed E-state index contributed by atoms with van der Waals surface area (Å²) in [5.74, 6) is -0.923. The molecule has 0 fully saturated rings. The molecular formula is C15H18N2O2. The first-order valence-electron chi connectivity index (χ1n) is 6.58. The standard InChI is InChI=1S/C15H18N2O2/c1-2-3-7-10-17-11-16-13(14(17)15(18)19)12-8-5-4-6-9-12/h4-6,8-9,11H,2-3,7,10H2,1H3,(H,18,19). The van der Waals surface area contributed by atoms with Crippen molar-refractivity contribution in [3.8, 4) is 11.3 Å². The van der Waals surface area contributed by atoms with Gasteiger partial charge in [-0.1, -0.05) is 50.1 Å². The van der Waals surface area contributed by atoms with Crippen molar-refractivity contribution in [1.82, 2.24) is 9.55 Å². The van der Waals surface area contributed by atoms with Gasteiger partial charge in [-0.25, -0.2) is 9.78 Å². The van der Waals surface area contributed by atoms with Crippen LogP contribution in [0.5, 0.6) is 0 Å². The lowest BCUT2D eigenvalue weighted by atomic mass is 10.1. The van der Waals surface area contributed by atoms with Crippen molar-refractivity contribution in [3.05, 3.63) is 42.4 Å². The van der Waals surface area contributed by atoms with Crippen molar-refractivity contribution in [3.63, 3.8) is 0 Å². The van der Waals surface area contributed by atoms with Gasteiger partial charge in [-0.05, 0) is 6.42 Å². The molecule has 0 radical (unpaired) electrons. The van der Waals surface area contributed by atoms with Crippen molar-refractivity contribution in [2.45, 2.75) is 32.7 Å². The van der Waals surface area contributed by atoms with E-state index in [0.717, 1.165) is 24.8 Å². The van der Waals surface area contributed by atoms with Crippen LogP contribution < -0.4 is 0 Å². The fraction of sp³-hybridized carbons (Fsp3) is 0.333. The van der Waals surface area contributed by atoms with E-state index in [2.05, 4.69) is 11.9 Å². The zero-order valence-corrected chi connectivity index (χ0v) is 11.0. The molecule has 4 heteroatoms. The van der Waals surface area contributed by atoms with Crippen molar-refractivity contribution >= 4 is 5.97 Å². The Kier molecular flexibility index (Phi) is 4.34. The second-order valence-electron chi connectivity index (χ2n) is 4.51. The Bertz CT molecular complexity index is 547. The third-order valence-electron chi connectivity index (χ3n) is 3.09. The zero-order valence-electron chi connectivity index (χ0n) is 11.0. The van der Waals surface area contributed by atoms with Crippen molar-refractivity contribution in [1.29, 1.82) is 0 Å². The highest BCUT2D eigenvalue weighted by atomic mass is 16.4. The van der Waals surface area contributed by atoms with Gasteiger partial charge in [0.2, 0.25) is 0 Å². The Morgan fingerprint density at radius 1 is 1.26 bits per heavy atom. The molecule has 0 aliphatic heterocycles. The quantitative estimate of drug-likeness (QED) is 0.807. The summed E-state index contributed by atoms with van der Waals surface area (Å²) in [7, 11) is 0. The Balaban J connectivity index is 2.32. The number of unbranched alkanes of at least 4 members (excludes halogenated alkanes) is 2. The third-order valence-corrected chi connectivity index (χ3v) is 3.09. The van der Waals surface area contributed by atoms with Gasteiger partial charge in [0.15, 0.2) is 5.69 Å². The van der Waals surface area contributed by atoms with E-state index >= 15 is 0 Å². The fourth-order valence-corrected chi connectivity index (χ4v) is 2.12. The first-order chi connectivity index (χ1) is 9.24. The van der Waals surface area contributed by atoms with Crippen LogP contribution in [0.25, 0.3) is 11.3 Å². The number of nitrogens with zero attached hydrogens (tertiary/aromatic N) is 2. The maximum atomic E-state index is 11.4. The Morgan fingerprint density at radius 3 is 2.63 bits per heavy atom. The summed E-state index contributed by atoms with van der Waals surface area (Å²) in [4.78, 5) is 15.7. The molecule has 0 bridgehead atoms. The smallest absolute Gasteiger partial charge is 0.354 e. The van der Waals surface area contributed by atoms with Gasteiger partial charge in [0, 0.05) is 12.1 Å². The number of aromatic nitrogens is 2. The molecule has 1 heterocycles. The van der Waals surface area contributed by atoms with Crippen LogP contribution in [-0.2, 0) is 6.54 Å². The molecule has 19 heavy (non-hydrogen) atoms. The van der Waals surface area contributed by atoms with Gasteiger partial charge >= 0.3 is 5.97 Å². The normalized spacial score (nSPS) is 10.6. The summed E-state index contributed by atoms with van der Waals surface area (Å²) in [6.45, 7) is 2.83. The number of hydrogen-bond donors (Lipinski definition) is 1. The highest BCUT2D eigenvalue weighted by Crippen LogP contribution is 2.22. The minimum absolute atomic E-state index is 0.280. The van der Waals surface area contributed by atoms with E-state index in [4.69, 9.17) is 0 Å². The number of imidazole rings is 1. The second-order valence-corrected chi connectivity index (χ2v) is 4.51. The molecule has 1 N–H and O–H groups in total. The Hall–Kier alpha value is -2.10. The van der Waals surface area contributed by atoms with Crippen molar-refractivity contribution in [2.75, 3.05) is 0 Å². The van der Waals surface area contributed by atoms with Gasteiger partial charge in [-0.2, -0.15) is 0 Å². The van der Waals surface area contributed by atoms with Crippen LogP contribution in [0.3, 0.4) is 0 Å². The Labute approximate surface area is 112 Å². The average molecular weight is 258 g/mol. The molecule has 0 amide bonds. The van der Waals surface area contributed by atoms with Crippen LogP contribution in [0.15, 0.2) is 36.7 Å².